The smallest absolute Gasteiger partial charge is 0.345 e. The Hall–Kier alpha value is -2.20. The molecule has 0 aromatic heterocycles. The zero-order chi connectivity index (χ0) is 13.7. The van der Waals surface area contributed by atoms with Crippen molar-refractivity contribution >= 4 is 22.1 Å². The summed E-state index contributed by atoms with van der Waals surface area (Å²) in [5.41, 5.74) is 1.60. The van der Waals surface area contributed by atoms with Gasteiger partial charge < -0.3 is 5.11 Å². The minimum absolute atomic E-state index is 0.0429. The maximum absolute atomic E-state index is 11.3. The summed E-state index contributed by atoms with van der Waals surface area (Å²) in [7, 11) is 0. The van der Waals surface area contributed by atoms with Crippen LogP contribution in [0, 0.1) is 0 Å². The average molecular weight is 272 g/mol. The highest BCUT2D eigenvalue weighted by Crippen LogP contribution is 2.25. The van der Waals surface area contributed by atoms with Gasteiger partial charge in [-0.1, -0.05) is 60.7 Å². The van der Waals surface area contributed by atoms with Gasteiger partial charge in [0.15, 0.2) is 0 Å². The van der Waals surface area contributed by atoms with E-state index in [-0.39, 0.29) is 16.1 Å². The Balaban J connectivity index is 2.58. The Morgan fingerprint density at radius 1 is 0.895 bits per heavy atom. The molecule has 2 rings (SSSR count). The number of rotatable bonds is 4. The van der Waals surface area contributed by atoms with Crippen LogP contribution in [-0.4, -0.2) is 20.1 Å². The van der Waals surface area contributed by atoms with Gasteiger partial charge in [-0.15, -0.1) is 0 Å². The quantitative estimate of drug-likeness (QED) is 0.869. The second kappa shape index (κ2) is 6.11. The first-order valence-corrected chi connectivity index (χ1v) is 6.48. The molecule has 0 atom stereocenters. The number of carboxylic acids is 1. The molecule has 0 amide bonds. The van der Waals surface area contributed by atoms with E-state index in [2.05, 4.69) is 0 Å². The third kappa shape index (κ3) is 2.98. The molecule has 0 radical (unpaired) electrons. The van der Waals surface area contributed by atoms with E-state index in [1.54, 1.807) is 0 Å². The van der Waals surface area contributed by atoms with E-state index >= 15 is 0 Å². The predicted molar refractivity (Wildman–Crippen MR) is 75.5 cm³/mol. The summed E-state index contributed by atoms with van der Waals surface area (Å²) in [6, 6.07) is 18.4. The minimum Gasteiger partial charge on any atom is -0.477 e. The Bertz CT molecular complexity index is 577. The molecule has 0 saturated carbocycles. The van der Waals surface area contributed by atoms with Crippen molar-refractivity contribution in [2.45, 2.75) is 5.92 Å². The molecule has 0 bridgehead atoms. The van der Waals surface area contributed by atoms with Gasteiger partial charge in [0, 0.05) is 0 Å². The SMILES string of the molecule is O=S=C(C(=O)O)C(c1ccccc1)c1ccccc1. The lowest BCUT2D eigenvalue weighted by atomic mass is 9.88. The maximum atomic E-state index is 11.3. The molecule has 19 heavy (non-hydrogen) atoms. The monoisotopic (exact) mass is 272 g/mol. The van der Waals surface area contributed by atoms with Gasteiger partial charge in [-0.05, 0) is 11.1 Å². The van der Waals surface area contributed by atoms with Crippen molar-refractivity contribution < 1.29 is 14.1 Å². The average Bonchev–Trinajstić information content (AvgIpc) is 2.46. The van der Waals surface area contributed by atoms with Crippen LogP contribution in [0.3, 0.4) is 0 Å². The fourth-order valence-electron chi connectivity index (χ4n) is 1.99. The second-order valence-corrected chi connectivity index (χ2v) is 4.61. The lowest BCUT2D eigenvalue weighted by Crippen LogP contribution is -2.23. The Morgan fingerprint density at radius 3 is 1.63 bits per heavy atom. The molecule has 2 aromatic carbocycles. The van der Waals surface area contributed by atoms with Crippen molar-refractivity contribution in [1.82, 2.24) is 0 Å². The molecule has 2 aromatic rings. The zero-order valence-electron chi connectivity index (χ0n) is 10.0. The van der Waals surface area contributed by atoms with Crippen LogP contribution in [0.5, 0.6) is 0 Å². The third-order valence-electron chi connectivity index (χ3n) is 2.83. The zero-order valence-corrected chi connectivity index (χ0v) is 10.8. The first kappa shape index (κ1) is 13.2. The van der Waals surface area contributed by atoms with Crippen LogP contribution >= 0.6 is 0 Å². The standard InChI is InChI=1S/C15H12O3S/c16-15(17)14(19-18)13(11-7-3-1-4-8-11)12-9-5-2-6-10-12/h1-10,13H,(H,16,17). The maximum Gasteiger partial charge on any atom is 0.345 e. The van der Waals surface area contributed by atoms with Crippen LogP contribution in [0.15, 0.2) is 60.7 Å². The van der Waals surface area contributed by atoms with Crippen LogP contribution in [0.25, 0.3) is 0 Å². The molecular weight excluding hydrogens is 260 g/mol. The van der Waals surface area contributed by atoms with Gasteiger partial charge in [0.25, 0.3) is 0 Å². The van der Waals surface area contributed by atoms with Crippen LogP contribution in [0.2, 0.25) is 0 Å². The lowest BCUT2D eigenvalue weighted by Gasteiger charge is -2.16. The van der Waals surface area contributed by atoms with Crippen molar-refractivity contribution in [3.63, 3.8) is 0 Å². The normalized spacial score (nSPS) is 10.2. The molecule has 96 valence electrons. The fraction of sp³-hybridized carbons (Fsp3) is 0.0667. The highest BCUT2D eigenvalue weighted by Gasteiger charge is 2.25. The van der Waals surface area contributed by atoms with Gasteiger partial charge in [0.2, 0.25) is 0 Å². The van der Waals surface area contributed by atoms with Crippen LogP contribution in [-0.2, 0) is 16.1 Å². The fourth-order valence-corrected chi connectivity index (χ4v) is 2.43. The molecule has 1 N–H and O–H groups in total. The van der Waals surface area contributed by atoms with Crippen LogP contribution < -0.4 is 0 Å². The lowest BCUT2D eigenvalue weighted by molar-refractivity contribution is -0.129. The number of carboxylic acid groups (broad SMARTS) is 1. The highest BCUT2D eigenvalue weighted by atomic mass is 32.1. The summed E-state index contributed by atoms with van der Waals surface area (Å²) in [6.45, 7) is 0. The topological polar surface area (TPSA) is 54.4 Å². The van der Waals surface area contributed by atoms with E-state index < -0.39 is 11.9 Å². The van der Waals surface area contributed by atoms with Crippen molar-refractivity contribution in [2.75, 3.05) is 0 Å². The van der Waals surface area contributed by atoms with E-state index in [0.717, 1.165) is 11.1 Å². The molecular formula is C15H12O3S. The second-order valence-electron chi connectivity index (χ2n) is 4.01. The molecule has 0 aliphatic carbocycles. The highest BCUT2D eigenvalue weighted by molar-refractivity contribution is 7.68. The molecule has 0 aliphatic heterocycles. The van der Waals surface area contributed by atoms with Crippen molar-refractivity contribution in [3.05, 3.63) is 71.8 Å². The summed E-state index contributed by atoms with van der Waals surface area (Å²) in [5.74, 6) is -1.69. The summed E-state index contributed by atoms with van der Waals surface area (Å²) < 4.78 is 11.2. The van der Waals surface area contributed by atoms with Gasteiger partial charge in [0.1, 0.15) is 16.1 Å². The van der Waals surface area contributed by atoms with Crippen molar-refractivity contribution in [3.8, 4) is 0 Å². The number of hydrogen-bond acceptors (Lipinski definition) is 2. The minimum atomic E-state index is -1.17. The van der Waals surface area contributed by atoms with Crippen molar-refractivity contribution in [2.24, 2.45) is 0 Å². The number of aliphatic carboxylic acids is 1. The third-order valence-corrected chi connectivity index (χ3v) is 3.42. The summed E-state index contributed by atoms with van der Waals surface area (Å²) in [6.07, 6.45) is 0. The van der Waals surface area contributed by atoms with Gasteiger partial charge in [-0.25, -0.2) is 9.00 Å². The molecule has 4 heteroatoms. The molecule has 0 heterocycles. The molecule has 0 fully saturated rings. The first-order valence-electron chi connectivity index (χ1n) is 5.74. The Labute approximate surface area is 114 Å². The molecule has 3 nitrogen and oxygen atoms in total. The van der Waals surface area contributed by atoms with Gasteiger partial charge >= 0.3 is 5.97 Å². The summed E-state index contributed by atoms with van der Waals surface area (Å²) in [5, 5.41) is 9.21. The number of carbonyl (C=O) groups is 1. The van der Waals surface area contributed by atoms with E-state index in [0.29, 0.717) is 0 Å². The Morgan fingerprint density at radius 2 is 1.32 bits per heavy atom. The summed E-state index contributed by atoms with van der Waals surface area (Å²) in [4.78, 5) is 11.1. The van der Waals surface area contributed by atoms with E-state index in [1.165, 1.54) is 0 Å². The van der Waals surface area contributed by atoms with Crippen molar-refractivity contribution in [1.29, 1.82) is 0 Å². The number of benzene rings is 2. The van der Waals surface area contributed by atoms with Gasteiger partial charge in [-0.2, -0.15) is 0 Å². The number of hydrogen-bond donors (Lipinski definition) is 1. The van der Waals surface area contributed by atoms with E-state index in [1.807, 2.05) is 60.7 Å². The predicted octanol–water partition coefficient (Wildman–Crippen LogP) is 2.29. The largest absolute Gasteiger partial charge is 0.477 e. The first-order chi connectivity index (χ1) is 9.24. The van der Waals surface area contributed by atoms with E-state index in [4.69, 9.17) is 0 Å². The van der Waals surface area contributed by atoms with E-state index in [9.17, 15) is 14.1 Å². The molecule has 0 spiro atoms. The van der Waals surface area contributed by atoms with Crippen LogP contribution in [0.1, 0.15) is 17.0 Å². The Kier molecular flexibility index (Phi) is 4.26. The van der Waals surface area contributed by atoms with Gasteiger partial charge in [-0.3, -0.25) is 0 Å². The summed E-state index contributed by atoms with van der Waals surface area (Å²) >= 11 is 0.0429. The molecule has 0 saturated heterocycles. The molecule has 0 aliphatic rings. The van der Waals surface area contributed by atoms with Gasteiger partial charge in [0.05, 0.1) is 5.92 Å². The van der Waals surface area contributed by atoms with Crippen LogP contribution in [0.4, 0.5) is 0 Å². The molecule has 0 unspecified atom stereocenters.